The van der Waals surface area contributed by atoms with Gasteiger partial charge in [0.25, 0.3) is 0 Å². The Kier molecular flexibility index (Phi) is 6.95. The molecule has 0 spiro atoms. The molecule has 1 heterocycles. The molecular weight excluding hydrogens is 342 g/mol. The Bertz CT molecular complexity index is 707. The zero-order valence-electron chi connectivity index (χ0n) is 13.7. The molecule has 2 aromatic rings. The summed E-state index contributed by atoms with van der Waals surface area (Å²) in [6, 6.07) is 9.89. The van der Waals surface area contributed by atoms with Crippen molar-refractivity contribution >= 4 is 17.7 Å². The van der Waals surface area contributed by atoms with Gasteiger partial charge >= 0.3 is 5.97 Å². The van der Waals surface area contributed by atoms with Crippen LogP contribution < -0.4 is 0 Å². The van der Waals surface area contributed by atoms with E-state index in [4.69, 9.17) is 10.2 Å². The number of hydrogen-bond donors (Lipinski definition) is 4. The number of rotatable bonds is 8. The molecule has 4 N–H and O–H groups in total. The van der Waals surface area contributed by atoms with E-state index in [2.05, 4.69) is 4.98 Å². The summed E-state index contributed by atoms with van der Waals surface area (Å²) in [5, 5.41) is 39.3. The van der Waals surface area contributed by atoms with Crippen molar-refractivity contribution in [3.05, 3.63) is 59.3 Å². The van der Waals surface area contributed by atoms with Gasteiger partial charge in [0.05, 0.1) is 24.4 Å². The molecule has 0 radical (unpaired) electrons. The number of pyridine rings is 1. The van der Waals surface area contributed by atoms with Crippen molar-refractivity contribution in [2.45, 2.75) is 30.8 Å². The summed E-state index contributed by atoms with van der Waals surface area (Å²) in [6.45, 7) is 1.66. The monoisotopic (exact) mass is 363 g/mol. The summed E-state index contributed by atoms with van der Waals surface area (Å²) < 4.78 is 0. The highest BCUT2D eigenvalue weighted by Gasteiger charge is 2.25. The Morgan fingerprint density at radius 3 is 2.48 bits per heavy atom. The highest BCUT2D eigenvalue weighted by molar-refractivity contribution is 7.99. The van der Waals surface area contributed by atoms with Gasteiger partial charge in [-0.2, -0.15) is 0 Å². The molecule has 0 fully saturated rings. The first-order valence-corrected chi connectivity index (χ1v) is 8.79. The van der Waals surface area contributed by atoms with E-state index >= 15 is 0 Å². The molecule has 2 rings (SSSR count). The van der Waals surface area contributed by atoms with Crippen LogP contribution in [0.3, 0.4) is 0 Å². The second kappa shape index (κ2) is 8.96. The zero-order chi connectivity index (χ0) is 18.4. The maximum Gasteiger partial charge on any atom is 0.338 e. The first-order chi connectivity index (χ1) is 11.9. The average molecular weight is 363 g/mol. The molecule has 25 heavy (non-hydrogen) atoms. The van der Waals surface area contributed by atoms with Crippen molar-refractivity contribution in [1.29, 1.82) is 0 Å². The number of aliphatic hydroxyl groups is 3. The summed E-state index contributed by atoms with van der Waals surface area (Å²) in [5.74, 6) is -1.31. The summed E-state index contributed by atoms with van der Waals surface area (Å²) in [4.78, 5) is 15.2. The first-order valence-electron chi connectivity index (χ1n) is 7.81. The number of benzene rings is 1. The van der Waals surface area contributed by atoms with Crippen molar-refractivity contribution in [2.24, 2.45) is 5.92 Å². The third-order valence-electron chi connectivity index (χ3n) is 4.00. The van der Waals surface area contributed by atoms with Crippen LogP contribution in [0.5, 0.6) is 0 Å². The minimum absolute atomic E-state index is 0.0683. The number of aromatic carboxylic acids is 1. The Morgan fingerprint density at radius 2 is 1.88 bits per heavy atom. The van der Waals surface area contributed by atoms with Crippen molar-refractivity contribution < 1.29 is 25.2 Å². The van der Waals surface area contributed by atoms with E-state index in [1.165, 1.54) is 12.3 Å². The lowest BCUT2D eigenvalue weighted by atomic mass is 9.93. The second-order valence-electron chi connectivity index (χ2n) is 5.74. The summed E-state index contributed by atoms with van der Waals surface area (Å²) in [6.07, 6.45) is -0.213. The van der Waals surface area contributed by atoms with Gasteiger partial charge in [-0.1, -0.05) is 31.2 Å². The molecule has 0 saturated carbocycles. The van der Waals surface area contributed by atoms with E-state index in [9.17, 15) is 15.0 Å². The molecule has 7 heteroatoms. The van der Waals surface area contributed by atoms with Gasteiger partial charge in [-0.15, -0.1) is 11.8 Å². The highest BCUT2D eigenvalue weighted by atomic mass is 32.2. The molecule has 0 aliphatic heterocycles. The SMILES string of the molecule is C[C@@H]([C@H](O)c1ccc(CO)cc1)[C@@H](O)CSc1ncccc1C(=O)O. The molecule has 0 unspecified atom stereocenters. The lowest BCUT2D eigenvalue weighted by Crippen LogP contribution is -2.26. The Labute approximate surface area is 150 Å². The van der Waals surface area contributed by atoms with E-state index in [-0.39, 0.29) is 17.9 Å². The van der Waals surface area contributed by atoms with Crippen LogP contribution in [-0.4, -0.2) is 43.2 Å². The van der Waals surface area contributed by atoms with Crippen LogP contribution in [0.4, 0.5) is 0 Å². The smallest absolute Gasteiger partial charge is 0.338 e. The lowest BCUT2D eigenvalue weighted by Gasteiger charge is -2.24. The summed E-state index contributed by atoms with van der Waals surface area (Å²) in [5.41, 5.74) is 1.49. The number of aromatic nitrogens is 1. The number of carbonyl (C=O) groups is 1. The van der Waals surface area contributed by atoms with Gasteiger partial charge in [0.2, 0.25) is 0 Å². The van der Waals surface area contributed by atoms with Gasteiger partial charge in [-0.3, -0.25) is 0 Å². The van der Waals surface area contributed by atoms with Crippen molar-refractivity contribution in [3.63, 3.8) is 0 Å². The highest BCUT2D eigenvalue weighted by Crippen LogP contribution is 2.29. The molecule has 0 saturated heterocycles. The quantitative estimate of drug-likeness (QED) is 0.532. The number of carboxylic acids is 1. The third kappa shape index (κ3) is 5.02. The Morgan fingerprint density at radius 1 is 1.20 bits per heavy atom. The number of hydrogen-bond acceptors (Lipinski definition) is 6. The van der Waals surface area contributed by atoms with Crippen LogP contribution in [0.1, 0.15) is 34.5 Å². The van der Waals surface area contributed by atoms with Crippen molar-refractivity contribution in [2.75, 3.05) is 5.75 Å². The molecule has 1 aromatic carbocycles. The topological polar surface area (TPSA) is 111 Å². The molecular formula is C18H21NO5S. The predicted molar refractivity (Wildman–Crippen MR) is 94.4 cm³/mol. The van der Waals surface area contributed by atoms with Gasteiger partial charge in [0.1, 0.15) is 5.03 Å². The average Bonchev–Trinajstić information content (AvgIpc) is 2.65. The lowest BCUT2D eigenvalue weighted by molar-refractivity contribution is 0.0330. The fourth-order valence-corrected chi connectivity index (χ4v) is 3.40. The summed E-state index contributed by atoms with van der Waals surface area (Å²) in [7, 11) is 0. The standard InChI is InChI=1S/C18H21NO5S/c1-11(16(22)13-6-4-12(9-20)5-7-13)15(21)10-25-17-14(18(23)24)3-2-8-19-17/h2-8,11,15-16,20-22H,9-10H2,1H3,(H,23,24)/t11-,15+,16+/m1/s1. The molecule has 1 aromatic heterocycles. The maximum atomic E-state index is 11.2. The Balaban J connectivity index is 1.99. The van der Waals surface area contributed by atoms with Gasteiger partial charge in [-0.05, 0) is 23.3 Å². The molecule has 134 valence electrons. The predicted octanol–water partition coefficient (Wildman–Crippen LogP) is 2.09. The zero-order valence-corrected chi connectivity index (χ0v) is 14.6. The first kappa shape index (κ1) is 19.4. The number of nitrogens with zero attached hydrogens (tertiary/aromatic N) is 1. The van der Waals surface area contributed by atoms with Gasteiger partial charge in [0, 0.05) is 17.9 Å². The van der Waals surface area contributed by atoms with Crippen LogP contribution in [0.2, 0.25) is 0 Å². The van der Waals surface area contributed by atoms with Gasteiger partial charge in [0.15, 0.2) is 0 Å². The van der Waals surface area contributed by atoms with Crippen molar-refractivity contribution in [1.82, 2.24) is 4.98 Å². The molecule has 0 aliphatic rings. The van der Waals surface area contributed by atoms with Crippen LogP contribution in [0, 0.1) is 5.92 Å². The molecule has 3 atom stereocenters. The number of carboxylic acid groups (broad SMARTS) is 1. The molecule has 6 nitrogen and oxygen atoms in total. The van der Waals surface area contributed by atoms with Crippen LogP contribution >= 0.6 is 11.8 Å². The number of thioether (sulfide) groups is 1. The molecule has 0 amide bonds. The van der Waals surface area contributed by atoms with Gasteiger partial charge < -0.3 is 20.4 Å². The summed E-state index contributed by atoms with van der Waals surface area (Å²) >= 11 is 1.14. The Hall–Kier alpha value is -1.93. The second-order valence-corrected chi connectivity index (χ2v) is 6.75. The normalized spacial score (nSPS) is 14.7. The fraction of sp³-hybridized carbons (Fsp3) is 0.333. The van der Waals surface area contributed by atoms with Crippen molar-refractivity contribution in [3.8, 4) is 0 Å². The van der Waals surface area contributed by atoms with E-state index in [1.807, 2.05) is 0 Å². The van der Waals surface area contributed by atoms with E-state index < -0.39 is 24.1 Å². The van der Waals surface area contributed by atoms with Crippen LogP contribution in [0.15, 0.2) is 47.6 Å². The minimum atomic E-state index is -1.07. The van der Waals surface area contributed by atoms with E-state index in [0.29, 0.717) is 10.6 Å². The largest absolute Gasteiger partial charge is 0.478 e. The third-order valence-corrected chi connectivity index (χ3v) is 5.11. The molecule has 0 bridgehead atoms. The van der Waals surface area contributed by atoms with E-state index in [1.54, 1.807) is 37.3 Å². The minimum Gasteiger partial charge on any atom is -0.478 e. The maximum absolute atomic E-state index is 11.2. The van der Waals surface area contributed by atoms with Gasteiger partial charge in [-0.25, -0.2) is 9.78 Å². The number of aliphatic hydroxyl groups excluding tert-OH is 3. The van der Waals surface area contributed by atoms with Crippen LogP contribution in [-0.2, 0) is 6.61 Å². The molecule has 0 aliphatic carbocycles. The fourth-order valence-electron chi connectivity index (χ4n) is 2.32. The van der Waals surface area contributed by atoms with Crippen LogP contribution in [0.25, 0.3) is 0 Å². The van der Waals surface area contributed by atoms with E-state index in [0.717, 1.165) is 17.3 Å².